The number of rotatable bonds is 2. The second kappa shape index (κ2) is 4.89. The molecule has 0 amide bonds. The molecule has 0 N–H and O–H groups in total. The first-order chi connectivity index (χ1) is 6.84. The molecular formula is C7H8N3OP3. The molecule has 0 saturated heterocycles. The summed E-state index contributed by atoms with van der Waals surface area (Å²) < 4.78 is 5.66. The van der Waals surface area contributed by atoms with E-state index in [1.54, 1.807) is 0 Å². The maximum absolute atomic E-state index is 5.66. The molecule has 0 radical (unpaired) electrons. The molecule has 2 rings (SSSR count). The summed E-state index contributed by atoms with van der Waals surface area (Å²) in [6.45, 7) is 2.05. The second-order valence-corrected chi connectivity index (χ2v) is 8.28. The van der Waals surface area contributed by atoms with Gasteiger partial charge in [-0.25, -0.2) is 0 Å². The van der Waals surface area contributed by atoms with Gasteiger partial charge in [-0.1, -0.05) is 22.6 Å². The predicted octanol–water partition coefficient (Wildman–Crippen LogP) is 4.70. The van der Waals surface area contributed by atoms with Crippen LogP contribution in [0.1, 0.15) is 5.56 Å². The molecule has 0 saturated carbocycles. The Bertz CT molecular complexity index is 365. The van der Waals surface area contributed by atoms with Crippen LogP contribution in [0.5, 0.6) is 5.75 Å². The normalized spacial score (nSPS) is 22.5. The van der Waals surface area contributed by atoms with E-state index in [1.165, 1.54) is 5.56 Å². The van der Waals surface area contributed by atoms with E-state index in [4.69, 9.17) is 4.52 Å². The van der Waals surface area contributed by atoms with Gasteiger partial charge in [-0.2, -0.15) is 0 Å². The fraction of sp³-hybridized carbons (Fsp3) is 0.143. The van der Waals surface area contributed by atoms with E-state index in [9.17, 15) is 0 Å². The summed E-state index contributed by atoms with van der Waals surface area (Å²) in [5.41, 5.74) is 1.23. The Morgan fingerprint density at radius 2 is 2.14 bits per heavy atom. The number of hydrogen-bond acceptors (Lipinski definition) is 4. The number of hydrogen-bond donors (Lipinski definition) is 0. The molecule has 0 bridgehead atoms. The van der Waals surface area contributed by atoms with E-state index >= 15 is 0 Å². The van der Waals surface area contributed by atoms with Crippen LogP contribution in [0, 0.1) is 6.92 Å². The van der Waals surface area contributed by atoms with Gasteiger partial charge in [0.15, 0.2) is 0 Å². The van der Waals surface area contributed by atoms with Gasteiger partial charge in [-0.05, 0) is 24.3 Å². The number of benzene rings is 1. The van der Waals surface area contributed by atoms with Crippen molar-refractivity contribution in [3.05, 3.63) is 29.8 Å². The highest BCUT2D eigenvalue weighted by Crippen LogP contribution is 2.66. The minimum atomic E-state index is -0.778. The fourth-order valence-electron chi connectivity index (χ4n) is 0.890. The molecule has 72 valence electrons. The summed E-state index contributed by atoms with van der Waals surface area (Å²) in [5.74, 6) is 0.866. The first-order valence-corrected chi connectivity index (χ1v) is 8.70. The molecule has 0 aromatic heterocycles. The SMILES string of the molecule is Cc1ccc(OP2N=NN=PP2)cc1. The van der Waals surface area contributed by atoms with Crippen LogP contribution in [0.4, 0.5) is 0 Å². The maximum atomic E-state index is 5.66. The summed E-state index contributed by atoms with van der Waals surface area (Å²) in [6.07, 6.45) is 0. The van der Waals surface area contributed by atoms with Crippen molar-refractivity contribution in [1.29, 1.82) is 0 Å². The highest BCUT2D eigenvalue weighted by molar-refractivity contribution is 8.44. The fourth-order valence-corrected chi connectivity index (χ4v) is 4.63. The van der Waals surface area contributed by atoms with Gasteiger partial charge in [0, 0.05) is 7.96 Å². The Labute approximate surface area is 86.5 Å². The maximum Gasteiger partial charge on any atom is 0.264 e. The minimum absolute atomic E-state index is 0.603. The summed E-state index contributed by atoms with van der Waals surface area (Å²) in [5, 5.41) is 3.62. The van der Waals surface area contributed by atoms with Crippen molar-refractivity contribution in [2.45, 2.75) is 6.92 Å². The van der Waals surface area contributed by atoms with Gasteiger partial charge in [0.05, 0.1) is 8.06 Å². The van der Waals surface area contributed by atoms with Crippen molar-refractivity contribution in [3.63, 3.8) is 0 Å². The third-order valence-electron chi connectivity index (χ3n) is 1.55. The van der Waals surface area contributed by atoms with Gasteiger partial charge in [0.1, 0.15) is 5.75 Å². The highest BCUT2D eigenvalue weighted by atomic mass is 32.4. The van der Waals surface area contributed by atoms with Crippen LogP contribution >= 0.6 is 24.0 Å². The zero-order valence-electron chi connectivity index (χ0n) is 7.45. The van der Waals surface area contributed by atoms with Gasteiger partial charge in [-0.15, -0.1) is 4.85 Å². The molecular weight excluding hydrogens is 235 g/mol. The van der Waals surface area contributed by atoms with Gasteiger partial charge >= 0.3 is 0 Å². The molecule has 7 heteroatoms. The standard InChI is InChI=1S/C7H8N3OP3/c1-6-2-4-7(5-3-6)11-14-10-8-9-12-13-14/h2-5,13H,1H3. The lowest BCUT2D eigenvalue weighted by Crippen LogP contribution is -1.81. The minimum Gasteiger partial charge on any atom is -0.446 e. The molecule has 2 unspecified atom stereocenters. The number of nitrogens with zero attached hydrogens (tertiary/aromatic N) is 3. The smallest absolute Gasteiger partial charge is 0.264 e. The van der Waals surface area contributed by atoms with Crippen molar-refractivity contribution in [3.8, 4) is 5.75 Å². The first kappa shape index (κ1) is 10.1. The Hall–Kier alpha value is -0.420. The van der Waals surface area contributed by atoms with Gasteiger partial charge in [0.25, 0.3) is 7.99 Å². The molecule has 0 fully saturated rings. The van der Waals surface area contributed by atoms with Crippen LogP contribution in [0.3, 0.4) is 0 Å². The number of aryl methyl sites for hydroxylation is 1. The van der Waals surface area contributed by atoms with Crippen LogP contribution in [0.15, 0.2) is 39.2 Å². The highest BCUT2D eigenvalue weighted by Gasteiger charge is 2.11. The summed E-state index contributed by atoms with van der Waals surface area (Å²) in [7, 11) is 0.800. The van der Waals surface area contributed by atoms with Crippen molar-refractivity contribution >= 4 is 24.0 Å². The topological polar surface area (TPSA) is 46.3 Å². The summed E-state index contributed by atoms with van der Waals surface area (Å²) in [4.78, 5) is 7.72. The molecule has 1 aliphatic rings. The van der Waals surface area contributed by atoms with Crippen LogP contribution in [-0.4, -0.2) is 0 Å². The van der Waals surface area contributed by atoms with Crippen molar-refractivity contribution in [2.75, 3.05) is 0 Å². The molecule has 1 aliphatic heterocycles. The summed E-state index contributed by atoms with van der Waals surface area (Å²) in [6, 6.07) is 7.97. The third-order valence-corrected chi connectivity index (χ3v) is 6.54. The van der Waals surface area contributed by atoms with Crippen molar-refractivity contribution in [2.24, 2.45) is 15.0 Å². The summed E-state index contributed by atoms with van der Waals surface area (Å²) >= 11 is 0. The zero-order chi connectivity index (χ0) is 9.80. The largest absolute Gasteiger partial charge is 0.446 e. The lowest BCUT2D eigenvalue weighted by Gasteiger charge is -2.10. The molecule has 1 aromatic carbocycles. The van der Waals surface area contributed by atoms with Crippen LogP contribution in [0.25, 0.3) is 0 Å². The molecule has 14 heavy (non-hydrogen) atoms. The van der Waals surface area contributed by atoms with Crippen LogP contribution in [0.2, 0.25) is 0 Å². The lowest BCUT2D eigenvalue weighted by atomic mass is 10.2. The van der Waals surface area contributed by atoms with E-state index < -0.39 is 7.99 Å². The Balaban J connectivity index is 2.00. The van der Waals surface area contributed by atoms with E-state index in [-0.39, 0.29) is 0 Å². The Kier molecular flexibility index (Phi) is 3.53. The van der Waals surface area contributed by atoms with E-state index in [1.807, 2.05) is 24.3 Å². The molecule has 1 heterocycles. The molecule has 2 atom stereocenters. The van der Waals surface area contributed by atoms with Gasteiger partial charge < -0.3 is 4.52 Å². The molecule has 4 nitrogen and oxygen atoms in total. The second-order valence-electron chi connectivity index (χ2n) is 2.65. The van der Waals surface area contributed by atoms with Gasteiger partial charge in [0.2, 0.25) is 0 Å². The average Bonchev–Trinajstić information content (AvgIpc) is 2.23. The predicted molar refractivity (Wildman–Crippen MR) is 61.2 cm³/mol. The Morgan fingerprint density at radius 3 is 2.79 bits per heavy atom. The van der Waals surface area contributed by atoms with Crippen molar-refractivity contribution in [1.82, 2.24) is 0 Å². The van der Waals surface area contributed by atoms with Gasteiger partial charge in [-0.3, -0.25) is 0 Å². The van der Waals surface area contributed by atoms with Crippen molar-refractivity contribution < 1.29 is 4.52 Å². The monoisotopic (exact) mass is 243 g/mol. The molecule has 1 aromatic rings. The molecule has 0 spiro atoms. The molecule has 0 aliphatic carbocycles. The van der Waals surface area contributed by atoms with Crippen LogP contribution < -0.4 is 4.52 Å². The third kappa shape index (κ3) is 2.78. The lowest BCUT2D eigenvalue weighted by molar-refractivity contribution is 0.624. The zero-order valence-corrected chi connectivity index (χ0v) is 10.2. The van der Waals surface area contributed by atoms with E-state index in [0.717, 1.165) is 13.8 Å². The first-order valence-electron chi connectivity index (χ1n) is 3.96. The quantitative estimate of drug-likeness (QED) is 0.694. The van der Waals surface area contributed by atoms with E-state index in [2.05, 4.69) is 21.9 Å². The van der Waals surface area contributed by atoms with Crippen LogP contribution in [-0.2, 0) is 0 Å². The Morgan fingerprint density at radius 1 is 1.36 bits per heavy atom. The average molecular weight is 243 g/mol. The van der Waals surface area contributed by atoms with E-state index in [0.29, 0.717) is 7.96 Å².